The Kier molecular flexibility index (Phi) is 7.06. The summed E-state index contributed by atoms with van der Waals surface area (Å²) in [4.78, 5) is 27.0. The number of benzene rings is 2. The first kappa shape index (κ1) is 19.9. The number of ketones is 1. The zero-order valence-electron chi connectivity index (χ0n) is 16.4. The van der Waals surface area contributed by atoms with E-state index in [0.717, 1.165) is 30.2 Å². The van der Waals surface area contributed by atoms with Gasteiger partial charge in [0.1, 0.15) is 5.75 Å². The molecule has 0 unspecified atom stereocenters. The van der Waals surface area contributed by atoms with Crippen molar-refractivity contribution in [3.05, 3.63) is 54.1 Å². The standard InChI is InChI=1S/C23H28N2O3/c1-28-19-14-12-18(13-15-19)22(26)10-7-11-23(27)24-20-8-3-4-9-21(20)25-16-5-2-6-17-25/h3-4,8-9,12-15H,2,5-7,10-11,16-17H2,1H3,(H,24,27). The van der Waals surface area contributed by atoms with Gasteiger partial charge in [0.15, 0.2) is 5.78 Å². The quantitative estimate of drug-likeness (QED) is 0.676. The SMILES string of the molecule is COc1ccc(C(=O)CCCC(=O)Nc2ccccc2N2CCCCC2)cc1. The molecule has 2 aromatic rings. The Labute approximate surface area is 166 Å². The van der Waals surface area contributed by atoms with E-state index in [1.54, 1.807) is 31.4 Å². The molecule has 3 rings (SSSR count). The lowest BCUT2D eigenvalue weighted by atomic mass is 10.1. The van der Waals surface area contributed by atoms with Crippen molar-refractivity contribution in [1.82, 2.24) is 0 Å². The zero-order valence-corrected chi connectivity index (χ0v) is 16.4. The predicted octanol–water partition coefficient (Wildman–Crippen LogP) is 4.68. The van der Waals surface area contributed by atoms with E-state index in [4.69, 9.17) is 4.74 Å². The molecule has 148 valence electrons. The smallest absolute Gasteiger partial charge is 0.224 e. The maximum absolute atomic E-state index is 12.4. The van der Waals surface area contributed by atoms with E-state index in [-0.39, 0.29) is 11.7 Å². The van der Waals surface area contributed by atoms with Crippen molar-refractivity contribution in [1.29, 1.82) is 0 Å². The molecule has 0 radical (unpaired) electrons. The van der Waals surface area contributed by atoms with Crippen LogP contribution >= 0.6 is 0 Å². The fourth-order valence-electron chi connectivity index (χ4n) is 3.53. The number of hydrogen-bond donors (Lipinski definition) is 1. The van der Waals surface area contributed by atoms with Crippen LogP contribution in [0, 0.1) is 0 Å². The van der Waals surface area contributed by atoms with Crippen LogP contribution in [0.2, 0.25) is 0 Å². The number of Topliss-reactive ketones (excluding diaryl/α,β-unsaturated/α-hetero) is 1. The van der Waals surface area contributed by atoms with Gasteiger partial charge >= 0.3 is 0 Å². The number of para-hydroxylation sites is 2. The van der Waals surface area contributed by atoms with Crippen LogP contribution in [0.4, 0.5) is 11.4 Å². The summed E-state index contributed by atoms with van der Waals surface area (Å²) in [5, 5.41) is 3.03. The fraction of sp³-hybridized carbons (Fsp3) is 0.391. The second kappa shape index (κ2) is 9.93. The highest BCUT2D eigenvalue weighted by molar-refractivity contribution is 5.97. The number of carbonyl (C=O) groups is 2. The molecule has 0 aromatic heterocycles. The van der Waals surface area contributed by atoms with Gasteiger partial charge in [-0.3, -0.25) is 9.59 Å². The van der Waals surface area contributed by atoms with E-state index in [2.05, 4.69) is 16.3 Å². The summed E-state index contributed by atoms with van der Waals surface area (Å²) in [6, 6.07) is 15.0. The summed E-state index contributed by atoms with van der Waals surface area (Å²) in [5.41, 5.74) is 2.59. The molecule has 1 fully saturated rings. The second-order valence-corrected chi connectivity index (χ2v) is 7.12. The van der Waals surface area contributed by atoms with Crippen LogP contribution in [0.3, 0.4) is 0 Å². The van der Waals surface area contributed by atoms with Gasteiger partial charge in [-0.25, -0.2) is 0 Å². The van der Waals surface area contributed by atoms with Gasteiger partial charge in [0.2, 0.25) is 5.91 Å². The number of nitrogens with one attached hydrogen (secondary N) is 1. The summed E-state index contributed by atoms with van der Waals surface area (Å²) < 4.78 is 5.10. The molecule has 28 heavy (non-hydrogen) atoms. The minimum Gasteiger partial charge on any atom is -0.497 e. The minimum atomic E-state index is -0.0491. The van der Waals surface area contributed by atoms with Gasteiger partial charge < -0.3 is 15.0 Å². The summed E-state index contributed by atoms with van der Waals surface area (Å²) >= 11 is 0. The van der Waals surface area contributed by atoms with Gasteiger partial charge in [0.25, 0.3) is 0 Å². The van der Waals surface area contributed by atoms with Gasteiger partial charge in [-0.2, -0.15) is 0 Å². The Hall–Kier alpha value is -2.82. The van der Waals surface area contributed by atoms with Crippen molar-refractivity contribution in [2.24, 2.45) is 0 Å². The van der Waals surface area contributed by atoms with Crippen molar-refractivity contribution in [3.8, 4) is 5.75 Å². The van der Waals surface area contributed by atoms with Crippen LogP contribution in [0.25, 0.3) is 0 Å². The fourth-order valence-corrected chi connectivity index (χ4v) is 3.53. The third kappa shape index (κ3) is 5.35. The van der Waals surface area contributed by atoms with Crippen molar-refractivity contribution < 1.29 is 14.3 Å². The number of nitrogens with zero attached hydrogens (tertiary/aromatic N) is 1. The summed E-state index contributed by atoms with van der Waals surface area (Å²) in [6.07, 6.45) is 4.87. The Morgan fingerprint density at radius 3 is 2.39 bits per heavy atom. The van der Waals surface area contributed by atoms with Gasteiger partial charge in [0, 0.05) is 31.5 Å². The second-order valence-electron chi connectivity index (χ2n) is 7.12. The van der Waals surface area contributed by atoms with E-state index in [0.29, 0.717) is 24.8 Å². The highest BCUT2D eigenvalue weighted by atomic mass is 16.5. The number of methoxy groups -OCH3 is 1. The lowest BCUT2D eigenvalue weighted by molar-refractivity contribution is -0.116. The zero-order chi connectivity index (χ0) is 19.8. The van der Waals surface area contributed by atoms with E-state index in [9.17, 15) is 9.59 Å². The predicted molar refractivity (Wildman–Crippen MR) is 112 cm³/mol. The van der Waals surface area contributed by atoms with Gasteiger partial charge in [-0.1, -0.05) is 12.1 Å². The molecule has 1 saturated heterocycles. The van der Waals surface area contributed by atoms with Crippen LogP contribution in [0.5, 0.6) is 5.75 Å². The normalized spacial score (nSPS) is 13.8. The number of carbonyl (C=O) groups excluding carboxylic acids is 2. The number of ether oxygens (including phenoxy) is 1. The summed E-state index contributed by atoms with van der Waals surface area (Å²) in [7, 11) is 1.60. The monoisotopic (exact) mass is 380 g/mol. The lowest BCUT2D eigenvalue weighted by Gasteiger charge is -2.30. The average molecular weight is 380 g/mol. The Morgan fingerprint density at radius 1 is 0.964 bits per heavy atom. The van der Waals surface area contributed by atoms with Gasteiger partial charge in [0.05, 0.1) is 18.5 Å². The van der Waals surface area contributed by atoms with Crippen molar-refractivity contribution in [3.63, 3.8) is 0 Å². The number of amides is 1. The molecule has 1 heterocycles. The van der Waals surface area contributed by atoms with Crippen LogP contribution in [-0.4, -0.2) is 31.9 Å². The molecule has 1 N–H and O–H groups in total. The Balaban J connectivity index is 1.50. The summed E-state index contributed by atoms with van der Waals surface area (Å²) in [6.45, 7) is 2.06. The lowest BCUT2D eigenvalue weighted by Crippen LogP contribution is -2.30. The molecule has 1 amide bonds. The number of hydrogen-bond acceptors (Lipinski definition) is 4. The van der Waals surface area contributed by atoms with E-state index in [1.807, 2.05) is 18.2 Å². The van der Waals surface area contributed by atoms with Crippen LogP contribution in [0.1, 0.15) is 48.9 Å². The largest absolute Gasteiger partial charge is 0.497 e. The molecule has 1 aliphatic heterocycles. The first-order valence-electron chi connectivity index (χ1n) is 9.98. The minimum absolute atomic E-state index is 0.0455. The van der Waals surface area contributed by atoms with Crippen molar-refractivity contribution >= 4 is 23.1 Å². The first-order chi connectivity index (χ1) is 13.7. The molecule has 0 bridgehead atoms. The molecule has 5 heteroatoms. The Morgan fingerprint density at radius 2 is 1.68 bits per heavy atom. The molecule has 2 aromatic carbocycles. The molecule has 5 nitrogen and oxygen atoms in total. The topological polar surface area (TPSA) is 58.6 Å². The van der Waals surface area contributed by atoms with Crippen molar-refractivity contribution in [2.75, 3.05) is 30.4 Å². The number of anilines is 2. The maximum Gasteiger partial charge on any atom is 0.224 e. The molecule has 0 saturated carbocycles. The highest BCUT2D eigenvalue weighted by Gasteiger charge is 2.15. The van der Waals surface area contributed by atoms with E-state index in [1.165, 1.54) is 19.3 Å². The Bertz CT molecular complexity index is 796. The van der Waals surface area contributed by atoms with Gasteiger partial charge in [-0.05, 0) is 62.1 Å². The molecule has 0 atom stereocenters. The highest BCUT2D eigenvalue weighted by Crippen LogP contribution is 2.28. The van der Waals surface area contributed by atoms with Crippen LogP contribution < -0.4 is 15.0 Å². The number of piperidine rings is 1. The molecule has 0 aliphatic carbocycles. The molecular weight excluding hydrogens is 352 g/mol. The third-order valence-electron chi connectivity index (χ3n) is 5.09. The van der Waals surface area contributed by atoms with Crippen molar-refractivity contribution in [2.45, 2.75) is 38.5 Å². The average Bonchev–Trinajstić information content (AvgIpc) is 2.74. The maximum atomic E-state index is 12.4. The number of rotatable bonds is 8. The summed E-state index contributed by atoms with van der Waals surface area (Å²) in [5.74, 6) is 0.722. The van der Waals surface area contributed by atoms with Gasteiger partial charge in [-0.15, -0.1) is 0 Å². The van der Waals surface area contributed by atoms with E-state index < -0.39 is 0 Å². The third-order valence-corrected chi connectivity index (χ3v) is 5.09. The van der Waals surface area contributed by atoms with Crippen LogP contribution in [0.15, 0.2) is 48.5 Å². The molecule has 1 aliphatic rings. The van der Waals surface area contributed by atoms with Crippen LogP contribution in [-0.2, 0) is 4.79 Å². The molecule has 0 spiro atoms. The first-order valence-corrected chi connectivity index (χ1v) is 9.98. The van der Waals surface area contributed by atoms with E-state index >= 15 is 0 Å². The molecular formula is C23H28N2O3.